The van der Waals surface area contributed by atoms with Crippen LogP contribution in [0.1, 0.15) is 5.56 Å². The third kappa shape index (κ3) is 4.44. The van der Waals surface area contributed by atoms with Crippen molar-refractivity contribution in [1.82, 2.24) is 9.21 Å². The molecule has 1 aliphatic rings. The SMILES string of the molecule is COc1ccc(CN2CCN(S(=O)(=O)c3cccc([N+](=O)[O-])c3)CC2)cc1. The van der Waals surface area contributed by atoms with Crippen LogP contribution in [-0.2, 0) is 16.6 Å². The first-order chi connectivity index (χ1) is 12.9. The van der Waals surface area contributed by atoms with Gasteiger partial charge in [0.1, 0.15) is 5.75 Å². The fourth-order valence-electron chi connectivity index (χ4n) is 3.02. The Hall–Kier alpha value is -2.49. The fraction of sp³-hybridized carbons (Fsp3) is 0.333. The van der Waals surface area contributed by atoms with E-state index >= 15 is 0 Å². The minimum absolute atomic E-state index is 0.0414. The van der Waals surface area contributed by atoms with Gasteiger partial charge in [-0.1, -0.05) is 18.2 Å². The number of non-ortho nitro benzene ring substituents is 1. The molecule has 1 heterocycles. The maximum Gasteiger partial charge on any atom is 0.270 e. The summed E-state index contributed by atoms with van der Waals surface area (Å²) in [6, 6.07) is 13.0. The topological polar surface area (TPSA) is 93.0 Å². The Kier molecular flexibility index (Phi) is 5.73. The zero-order chi connectivity index (χ0) is 19.4. The van der Waals surface area contributed by atoms with Crippen molar-refractivity contribution in [3.8, 4) is 5.75 Å². The second-order valence-electron chi connectivity index (χ2n) is 6.28. The summed E-state index contributed by atoms with van der Waals surface area (Å²) in [5.41, 5.74) is 0.903. The molecule has 144 valence electrons. The van der Waals surface area contributed by atoms with E-state index in [0.29, 0.717) is 26.2 Å². The van der Waals surface area contributed by atoms with Gasteiger partial charge in [0.2, 0.25) is 10.0 Å². The predicted molar refractivity (Wildman–Crippen MR) is 100 cm³/mol. The van der Waals surface area contributed by atoms with Crippen LogP contribution in [0.3, 0.4) is 0 Å². The van der Waals surface area contributed by atoms with Gasteiger partial charge >= 0.3 is 0 Å². The number of methoxy groups -OCH3 is 1. The number of hydrogen-bond acceptors (Lipinski definition) is 6. The van der Waals surface area contributed by atoms with Crippen molar-refractivity contribution in [2.75, 3.05) is 33.3 Å². The zero-order valence-electron chi connectivity index (χ0n) is 14.9. The standard InChI is InChI=1S/C18H21N3O5S/c1-26-17-7-5-15(6-8-17)14-19-9-11-20(12-10-19)27(24,25)18-4-2-3-16(13-18)21(22)23/h2-8,13H,9-12,14H2,1H3. The number of nitrogens with zero attached hydrogens (tertiary/aromatic N) is 3. The first-order valence-electron chi connectivity index (χ1n) is 8.50. The van der Waals surface area contributed by atoms with E-state index < -0.39 is 14.9 Å². The second kappa shape index (κ2) is 8.03. The van der Waals surface area contributed by atoms with Gasteiger partial charge in [-0.05, 0) is 23.8 Å². The smallest absolute Gasteiger partial charge is 0.270 e. The molecule has 2 aromatic carbocycles. The molecule has 0 spiro atoms. The van der Waals surface area contributed by atoms with Crippen LogP contribution in [0.25, 0.3) is 0 Å². The minimum Gasteiger partial charge on any atom is -0.497 e. The lowest BCUT2D eigenvalue weighted by molar-refractivity contribution is -0.385. The largest absolute Gasteiger partial charge is 0.497 e. The molecular formula is C18H21N3O5S. The number of nitro groups is 1. The van der Waals surface area contributed by atoms with Gasteiger partial charge in [-0.2, -0.15) is 4.31 Å². The number of piperazine rings is 1. The lowest BCUT2D eigenvalue weighted by Gasteiger charge is -2.34. The third-order valence-corrected chi connectivity index (χ3v) is 6.46. The lowest BCUT2D eigenvalue weighted by atomic mass is 10.2. The average molecular weight is 391 g/mol. The first-order valence-corrected chi connectivity index (χ1v) is 9.94. The molecule has 0 N–H and O–H groups in total. The van der Waals surface area contributed by atoms with Crippen LogP contribution >= 0.6 is 0 Å². The Morgan fingerprint density at radius 3 is 2.33 bits per heavy atom. The van der Waals surface area contributed by atoms with Gasteiger partial charge in [0.25, 0.3) is 5.69 Å². The van der Waals surface area contributed by atoms with Gasteiger partial charge in [0, 0.05) is 44.9 Å². The highest BCUT2D eigenvalue weighted by Gasteiger charge is 2.29. The van der Waals surface area contributed by atoms with E-state index in [1.807, 2.05) is 24.3 Å². The molecule has 0 aromatic heterocycles. The third-order valence-electron chi connectivity index (χ3n) is 4.56. The Morgan fingerprint density at radius 1 is 1.07 bits per heavy atom. The highest BCUT2D eigenvalue weighted by atomic mass is 32.2. The Labute approximate surface area is 158 Å². The molecule has 0 atom stereocenters. The Bertz CT molecular complexity index is 907. The highest BCUT2D eigenvalue weighted by Crippen LogP contribution is 2.22. The van der Waals surface area contributed by atoms with Crippen molar-refractivity contribution in [3.63, 3.8) is 0 Å². The fourth-order valence-corrected chi connectivity index (χ4v) is 4.49. The van der Waals surface area contributed by atoms with E-state index in [0.717, 1.165) is 23.9 Å². The molecule has 3 rings (SSSR count). The van der Waals surface area contributed by atoms with Crippen LogP contribution in [-0.4, -0.2) is 55.8 Å². The minimum atomic E-state index is -3.74. The van der Waals surface area contributed by atoms with Gasteiger partial charge in [-0.15, -0.1) is 0 Å². The summed E-state index contributed by atoms with van der Waals surface area (Å²) in [4.78, 5) is 12.4. The normalized spacial score (nSPS) is 16.2. The summed E-state index contributed by atoms with van der Waals surface area (Å²) in [5.74, 6) is 0.798. The van der Waals surface area contributed by atoms with Gasteiger partial charge in [0.15, 0.2) is 0 Å². The number of rotatable bonds is 6. The summed E-state index contributed by atoms with van der Waals surface area (Å²) in [5, 5.41) is 10.9. The van der Waals surface area contributed by atoms with Crippen molar-refractivity contribution < 1.29 is 18.1 Å². The van der Waals surface area contributed by atoms with Crippen LogP contribution in [0.5, 0.6) is 5.75 Å². The monoisotopic (exact) mass is 391 g/mol. The molecule has 2 aromatic rings. The molecule has 0 unspecified atom stereocenters. The van der Waals surface area contributed by atoms with Crippen LogP contribution in [0.2, 0.25) is 0 Å². The molecule has 9 heteroatoms. The van der Waals surface area contributed by atoms with Crippen LogP contribution < -0.4 is 4.74 Å². The molecular weight excluding hydrogens is 370 g/mol. The van der Waals surface area contributed by atoms with Gasteiger partial charge < -0.3 is 4.74 Å². The molecule has 1 fully saturated rings. The van der Waals surface area contributed by atoms with E-state index in [9.17, 15) is 18.5 Å². The highest BCUT2D eigenvalue weighted by molar-refractivity contribution is 7.89. The van der Waals surface area contributed by atoms with E-state index in [4.69, 9.17) is 4.74 Å². The molecule has 0 saturated carbocycles. The average Bonchev–Trinajstić information content (AvgIpc) is 2.69. The zero-order valence-corrected chi connectivity index (χ0v) is 15.8. The molecule has 0 radical (unpaired) electrons. The van der Waals surface area contributed by atoms with Gasteiger partial charge in [0.05, 0.1) is 16.9 Å². The van der Waals surface area contributed by atoms with Crippen molar-refractivity contribution in [2.45, 2.75) is 11.4 Å². The van der Waals surface area contributed by atoms with Crippen LogP contribution in [0.15, 0.2) is 53.4 Å². The molecule has 0 amide bonds. The van der Waals surface area contributed by atoms with E-state index in [1.165, 1.54) is 22.5 Å². The molecule has 0 aliphatic carbocycles. The maximum atomic E-state index is 12.8. The van der Waals surface area contributed by atoms with Crippen molar-refractivity contribution >= 4 is 15.7 Å². The van der Waals surface area contributed by atoms with E-state index in [-0.39, 0.29) is 10.6 Å². The molecule has 0 bridgehead atoms. The lowest BCUT2D eigenvalue weighted by Crippen LogP contribution is -2.48. The maximum absolute atomic E-state index is 12.8. The predicted octanol–water partition coefficient (Wildman–Crippen LogP) is 2.11. The number of hydrogen-bond donors (Lipinski definition) is 0. The quantitative estimate of drug-likeness (QED) is 0.553. The summed E-state index contributed by atoms with van der Waals surface area (Å²) in [6.07, 6.45) is 0. The van der Waals surface area contributed by atoms with E-state index in [1.54, 1.807) is 7.11 Å². The summed E-state index contributed by atoms with van der Waals surface area (Å²) < 4.78 is 32.1. The molecule has 8 nitrogen and oxygen atoms in total. The van der Waals surface area contributed by atoms with Gasteiger partial charge in [-0.25, -0.2) is 8.42 Å². The van der Waals surface area contributed by atoms with Crippen LogP contribution in [0, 0.1) is 10.1 Å². The summed E-state index contributed by atoms with van der Waals surface area (Å²) >= 11 is 0. The second-order valence-corrected chi connectivity index (χ2v) is 8.22. The van der Waals surface area contributed by atoms with Crippen molar-refractivity contribution in [3.05, 3.63) is 64.2 Å². The Morgan fingerprint density at radius 2 is 1.74 bits per heavy atom. The van der Waals surface area contributed by atoms with Crippen molar-refractivity contribution in [1.29, 1.82) is 0 Å². The van der Waals surface area contributed by atoms with Gasteiger partial charge in [-0.3, -0.25) is 15.0 Å². The molecule has 1 saturated heterocycles. The number of nitro benzene ring substituents is 1. The summed E-state index contributed by atoms with van der Waals surface area (Å²) in [7, 11) is -2.12. The summed E-state index contributed by atoms with van der Waals surface area (Å²) in [6.45, 7) is 2.62. The van der Waals surface area contributed by atoms with Crippen molar-refractivity contribution in [2.24, 2.45) is 0 Å². The first kappa shape index (κ1) is 19.3. The number of ether oxygens (including phenoxy) is 1. The number of benzene rings is 2. The molecule has 27 heavy (non-hydrogen) atoms. The Balaban J connectivity index is 1.64. The van der Waals surface area contributed by atoms with E-state index in [2.05, 4.69) is 4.90 Å². The molecule has 1 aliphatic heterocycles. The number of sulfonamides is 1. The van der Waals surface area contributed by atoms with Crippen LogP contribution in [0.4, 0.5) is 5.69 Å².